The molecule has 4 nitrogen and oxygen atoms in total. The molecular weight excluding hydrogens is 280 g/mol. The maximum Gasteiger partial charge on any atom is 0.308 e. The summed E-state index contributed by atoms with van der Waals surface area (Å²) in [6.07, 6.45) is 0. The highest BCUT2D eigenvalue weighted by molar-refractivity contribution is 5.70. The van der Waals surface area contributed by atoms with Gasteiger partial charge in [0.25, 0.3) is 0 Å². The van der Waals surface area contributed by atoms with E-state index >= 15 is 0 Å². The predicted molar refractivity (Wildman–Crippen MR) is 83.9 cm³/mol. The Bertz CT molecular complexity index is 677. The van der Waals surface area contributed by atoms with E-state index in [0.717, 1.165) is 11.3 Å². The van der Waals surface area contributed by atoms with Gasteiger partial charge in [0.2, 0.25) is 0 Å². The quantitative estimate of drug-likeness (QED) is 0.680. The van der Waals surface area contributed by atoms with Crippen LogP contribution in [0.5, 0.6) is 11.5 Å². The molecule has 0 heterocycles. The lowest BCUT2D eigenvalue weighted by molar-refractivity contribution is -0.131. The minimum atomic E-state index is -0.400. The third-order valence-corrected chi connectivity index (χ3v) is 3.36. The first kappa shape index (κ1) is 16.0. The number of hydrogen-bond acceptors (Lipinski definition) is 4. The van der Waals surface area contributed by atoms with E-state index in [1.54, 1.807) is 18.2 Å². The van der Waals surface area contributed by atoms with Crippen molar-refractivity contribution < 1.29 is 19.4 Å². The number of carbonyl (C=O) groups is 1. The van der Waals surface area contributed by atoms with Gasteiger partial charge >= 0.3 is 5.97 Å². The predicted octanol–water partition coefficient (Wildman–Crippen LogP) is 3.30. The van der Waals surface area contributed by atoms with Gasteiger partial charge in [-0.1, -0.05) is 29.8 Å². The molecule has 2 aromatic carbocycles. The maximum absolute atomic E-state index is 11.2. The summed E-state index contributed by atoms with van der Waals surface area (Å²) in [5, 5.41) is 9.47. The van der Waals surface area contributed by atoms with Gasteiger partial charge in [0, 0.05) is 12.5 Å². The fraction of sp³-hybridized carbons (Fsp3) is 0.278. The molecule has 0 aliphatic rings. The molecule has 0 saturated carbocycles. The van der Waals surface area contributed by atoms with Crippen molar-refractivity contribution in [3.63, 3.8) is 0 Å². The zero-order valence-electron chi connectivity index (χ0n) is 13.1. The highest BCUT2D eigenvalue weighted by Crippen LogP contribution is 2.26. The molecule has 0 amide bonds. The molecule has 1 N–H and O–H groups in total. The summed E-state index contributed by atoms with van der Waals surface area (Å²) >= 11 is 0. The Balaban J connectivity index is 2.25. The second kappa shape index (κ2) is 7.09. The van der Waals surface area contributed by atoms with Gasteiger partial charge in [-0.2, -0.15) is 0 Å². The van der Waals surface area contributed by atoms with Crippen LogP contribution in [0.25, 0.3) is 0 Å². The molecule has 0 bridgehead atoms. The number of rotatable bonds is 5. The van der Waals surface area contributed by atoms with Crippen molar-refractivity contribution in [3.8, 4) is 11.5 Å². The molecule has 116 valence electrons. The Labute approximate surface area is 130 Å². The van der Waals surface area contributed by atoms with Gasteiger partial charge in [0.05, 0.1) is 6.61 Å². The Kier molecular flexibility index (Phi) is 5.17. The third kappa shape index (κ3) is 3.86. The molecule has 2 rings (SSSR count). The Morgan fingerprint density at radius 2 is 1.91 bits per heavy atom. The Morgan fingerprint density at radius 1 is 1.14 bits per heavy atom. The van der Waals surface area contributed by atoms with Gasteiger partial charge in [-0.15, -0.1) is 0 Å². The SMILES string of the molecule is CC(=O)Oc1cccc(CO)c1COc1ccc(C)cc1C. The van der Waals surface area contributed by atoms with Crippen LogP contribution in [0.3, 0.4) is 0 Å². The summed E-state index contributed by atoms with van der Waals surface area (Å²) < 4.78 is 11.0. The lowest BCUT2D eigenvalue weighted by atomic mass is 10.1. The first-order valence-corrected chi connectivity index (χ1v) is 7.11. The van der Waals surface area contributed by atoms with E-state index in [-0.39, 0.29) is 13.2 Å². The van der Waals surface area contributed by atoms with Crippen molar-refractivity contribution >= 4 is 5.97 Å². The zero-order valence-corrected chi connectivity index (χ0v) is 13.1. The Hall–Kier alpha value is -2.33. The van der Waals surface area contributed by atoms with E-state index in [1.165, 1.54) is 12.5 Å². The summed E-state index contributed by atoms with van der Waals surface area (Å²) in [6.45, 7) is 5.44. The van der Waals surface area contributed by atoms with E-state index in [0.29, 0.717) is 16.9 Å². The molecule has 0 atom stereocenters. The molecule has 0 unspecified atom stereocenters. The van der Waals surface area contributed by atoms with Crippen molar-refractivity contribution in [2.45, 2.75) is 34.0 Å². The number of aliphatic hydroxyl groups is 1. The molecule has 0 aliphatic heterocycles. The average molecular weight is 300 g/mol. The van der Waals surface area contributed by atoms with Crippen LogP contribution in [0.2, 0.25) is 0 Å². The average Bonchev–Trinajstić information content (AvgIpc) is 2.46. The largest absolute Gasteiger partial charge is 0.488 e. The topological polar surface area (TPSA) is 55.8 Å². The molecule has 0 fully saturated rings. The molecule has 0 saturated heterocycles. The van der Waals surface area contributed by atoms with E-state index in [4.69, 9.17) is 9.47 Å². The van der Waals surface area contributed by atoms with Crippen molar-refractivity contribution in [1.29, 1.82) is 0 Å². The molecular formula is C18H20O4. The van der Waals surface area contributed by atoms with Gasteiger partial charge in [-0.3, -0.25) is 4.79 Å². The van der Waals surface area contributed by atoms with Crippen LogP contribution in [0, 0.1) is 13.8 Å². The van der Waals surface area contributed by atoms with Crippen LogP contribution in [0.1, 0.15) is 29.2 Å². The molecule has 0 aliphatic carbocycles. The van der Waals surface area contributed by atoms with Crippen LogP contribution in [0.4, 0.5) is 0 Å². The second-order valence-electron chi connectivity index (χ2n) is 5.20. The highest BCUT2D eigenvalue weighted by atomic mass is 16.5. The van der Waals surface area contributed by atoms with Crippen LogP contribution in [-0.4, -0.2) is 11.1 Å². The van der Waals surface area contributed by atoms with Crippen LogP contribution >= 0.6 is 0 Å². The van der Waals surface area contributed by atoms with Crippen molar-refractivity contribution in [2.75, 3.05) is 0 Å². The number of benzene rings is 2. The maximum atomic E-state index is 11.2. The first-order valence-electron chi connectivity index (χ1n) is 7.11. The smallest absolute Gasteiger partial charge is 0.308 e. The van der Waals surface area contributed by atoms with E-state index < -0.39 is 5.97 Å². The minimum Gasteiger partial charge on any atom is -0.488 e. The summed E-state index contributed by atoms with van der Waals surface area (Å²) in [5.74, 6) is 0.791. The van der Waals surface area contributed by atoms with Gasteiger partial charge < -0.3 is 14.6 Å². The van der Waals surface area contributed by atoms with Gasteiger partial charge in [-0.05, 0) is 37.1 Å². The lowest BCUT2D eigenvalue weighted by Gasteiger charge is -2.15. The first-order chi connectivity index (χ1) is 10.5. The van der Waals surface area contributed by atoms with Crippen LogP contribution < -0.4 is 9.47 Å². The fourth-order valence-electron chi connectivity index (χ4n) is 2.28. The third-order valence-electron chi connectivity index (χ3n) is 3.36. The van der Waals surface area contributed by atoms with Crippen LogP contribution in [0.15, 0.2) is 36.4 Å². The molecule has 0 radical (unpaired) electrons. The molecule has 0 spiro atoms. The number of aliphatic hydroxyl groups excluding tert-OH is 1. The molecule has 2 aromatic rings. The minimum absolute atomic E-state index is 0.138. The van der Waals surface area contributed by atoms with Gasteiger partial charge in [-0.25, -0.2) is 0 Å². The van der Waals surface area contributed by atoms with Crippen LogP contribution in [-0.2, 0) is 18.0 Å². The molecule has 0 aromatic heterocycles. The van der Waals surface area contributed by atoms with Crippen molar-refractivity contribution in [2.24, 2.45) is 0 Å². The zero-order chi connectivity index (χ0) is 16.1. The summed E-state index contributed by atoms with van der Waals surface area (Å²) in [6, 6.07) is 11.2. The van der Waals surface area contributed by atoms with E-state index in [2.05, 4.69) is 0 Å². The number of esters is 1. The normalized spacial score (nSPS) is 10.4. The standard InChI is InChI=1S/C18H20O4/c1-12-7-8-17(13(2)9-12)21-11-16-15(10-19)5-4-6-18(16)22-14(3)20/h4-9,19H,10-11H2,1-3H3. The van der Waals surface area contributed by atoms with Crippen molar-refractivity contribution in [1.82, 2.24) is 0 Å². The number of carbonyl (C=O) groups excluding carboxylic acids is 1. The summed E-state index contributed by atoms with van der Waals surface area (Å²) in [5.41, 5.74) is 3.57. The van der Waals surface area contributed by atoms with E-state index in [1.807, 2.05) is 32.0 Å². The van der Waals surface area contributed by atoms with Gasteiger partial charge in [0.15, 0.2) is 0 Å². The van der Waals surface area contributed by atoms with Gasteiger partial charge in [0.1, 0.15) is 18.1 Å². The number of ether oxygens (including phenoxy) is 2. The number of aryl methyl sites for hydroxylation is 2. The second-order valence-corrected chi connectivity index (χ2v) is 5.20. The van der Waals surface area contributed by atoms with E-state index in [9.17, 15) is 9.90 Å². The number of hydrogen-bond donors (Lipinski definition) is 1. The lowest BCUT2D eigenvalue weighted by Crippen LogP contribution is -2.08. The Morgan fingerprint density at radius 3 is 2.55 bits per heavy atom. The fourth-order valence-corrected chi connectivity index (χ4v) is 2.28. The molecule has 22 heavy (non-hydrogen) atoms. The molecule has 4 heteroatoms. The van der Waals surface area contributed by atoms with Crippen molar-refractivity contribution in [3.05, 3.63) is 58.7 Å². The summed E-state index contributed by atoms with van der Waals surface area (Å²) in [4.78, 5) is 11.2. The highest BCUT2D eigenvalue weighted by Gasteiger charge is 2.12. The monoisotopic (exact) mass is 300 g/mol. The summed E-state index contributed by atoms with van der Waals surface area (Å²) in [7, 11) is 0.